The third-order valence-electron chi connectivity index (χ3n) is 6.77. The molecule has 0 amide bonds. The van der Waals surface area contributed by atoms with Crippen molar-refractivity contribution in [3.8, 4) is 0 Å². The SMILES string of the molecule is CCCCN(CCCC)CCCc1ccc(C(=O)c2c(CCCCO)oc3ccc(C=O)cc23)cc1. The first-order valence-electron chi connectivity index (χ1n) is 13.6. The first-order valence-corrected chi connectivity index (χ1v) is 13.6. The number of unbranched alkanes of at least 4 members (excludes halogenated alkanes) is 3. The van der Waals surface area contributed by atoms with Crippen molar-refractivity contribution >= 4 is 23.0 Å². The lowest BCUT2D eigenvalue weighted by molar-refractivity contribution is 0.103. The second kappa shape index (κ2) is 14.7. The number of nitrogens with zero attached hydrogens (tertiary/aromatic N) is 1. The lowest BCUT2D eigenvalue weighted by Crippen LogP contribution is -2.27. The Morgan fingerprint density at radius 2 is 1.58 bits per heavy atom. The largest absolute Gasteiger partial charge is 0.460 e. The molecule has 0 aliphatic rings. The van der Waals surface area contributed by atoms with Crippen LogP contribution >= 0.6 is 0 Å². The predicted octanol–water partition coefficient (Wildman–Crippen LogP) is 6.63. The Balaban J connectivity index is 1.72. The summed E-state index contributed by atoms with van der Waals surface area (Å²) in [5.41, 5.74) is 3.51. The van der Waals surface area contributed by atoms with Crippen LogP contribution in [0.25, 0.3) is 11.0 Å². The van der Waals surface area contributed by atoms with Crippen molar-refractivity contribution in [1.29, 1.82) is 0 Å². The molecule has 0 bridgehead atoms. The second-order valence-corrected chi connectivity index (χ2v) is 9.63. The van der Waals surface area contributed by atoms with E-state index in [0.717, 1.165) is 32.1 Å². The normalized spacial score (nSPS) is 11.4. The van der Waals surface area contributed by atoms with Gasteiger partial charge < -0.3 is 14.4 Å². The van der Waals surface area contributed by atoms with Crippen molar-refractivity contribution in [1.82, 2.24) is 4.90 Å². The number of hydrogen-bond acceptors (Lipinski definition) is 5. The predicted molar refractivity (Wildman–Crippen MR) is 146 cm³/mol. The number of carbonyl (C=O) groups is 2. The molecule has 0 radical (unpaired) electrons. The summed E-state index contributed by atoms with van der Waals surface area (Å²) in [5.74, 6) is 0.530. The van der Waals surface area contributed by atoms with Crippen molar-refractivity contribution in [2.45, 2.75) is 71.6 Å². The van der Waals surface area contributed by atoms with E-state index in [2.05, 4.69) is 30.9 Å². The summed E-state index contributed by atoms with van der Waals surface area (Å²) in [6.45, 7) is 8.05. The second-order valence-electron chi connectivity index (χ2n) is 9.63. The maximum absolute atomic E-state index is 13.6. The van der Waals surface area contributed by atoms with Gasteiger partial charge in [0.2, 0.25) is 0 Å². The number of aliphatic hydroxyl groups is 1. The molecule has 2 aromatic carbocycles. The minimum Gasteiger partial charge on any atom is -0.460 e. The van der Waals surface area contributed by atoms with E-state index in [4.69, 9.17) is 9.52 Å². The highest BCUT2D eigenvalue weighted by Crippen LogP contribution is 2.30. The van der Waals surface area contributed by atoms with Crippen molar-refractivity contribution in [2.75, 3.05) is 26.2 Å². The standard InChI is InChI=1S/C31H41NO4/c1-3-5-18-32(19-6-4-2)20-9-10-24-12-15-26(16-13-24)31(35)30-27-22-25(23-34)14-17-28(27)36-29(30)11-7-8-21-33/h12-17,22-23,33H,3-11,18-21H2,1-2H3. The van der Waals surface area contributed by atoms with Gasteiger partial charge in [-0.05, 0) is 81.9 Å². The molecule has 5 heteroatoms. The van der Waals surface area contributed by atoms with E-state index in [1.54, 1.807) is 18.2 Å². The maximum Gasteiger partial charge on any atom is 0.197 e. The monoisotopic (exact) mass is 491 g/mol. The molecule has 0 spiro atoms. The fourth-order valence-electron chi connectivity index (χ4n) is 4.63. The molecule has 1 heterocycles. The van der Waals surface area contributed by atoms with Crippen LogP contribution in [0.2, 0.25) is 0 Å². The zero-order chi connectivity index (χ0) is 25.8. The Morgan fingerprint density at radius 3 is 2.22 bits per heavy atom. The number of hydrogen-bond donors (Lipinski definition) is 1. The van der Waals surface area contributed by atoms with Crippen molar-refractivity contribution in [3.05, 3.63) is 70.5 Å². The molecular formula is C31H41NO4. The minimum absolute atomic E-state index is 0.0901. The van der Waals surface area contributed by atoms with E-state index < -0.39 is 0 Å². The zero-order valence-electron chi connectivity index (χ0n) is 21.9. The highest BCUT2D eigenvalue weighted by Gasteiger charge is 2.22. The summed E-state index contributed by atoms with van der Waals surface area (Å²) in [7, 11) is 0. The molecule has 0 aliphatic carbocycles. The van der Waals surface area contributed by atoms with Gasteiger partial charge in [-0.25, -0.2) is 0 Å². The lowest BCUT2D eigenvalue weighted by Gasteiger charge is -2.21. The molecule has 0 atom stereocenters. The topological polar surface area (TPSA) is 70.8 Å². The number of ketones is 1. The molecule has 0 saturated heterocycles. The van der Waals surface area contributed by atoms with E-state index >= 15 is 0 Å². The van der Waals surface area contributed by atoms with Gasteiger partial charge in [-0.2, -0.15) is 0 Å². The van der Waals surface area contributed by atoms with Crippen molar-refractivity contribution < 1.29 is 19.1 Å². The summed E-state index contributed by atoms with van der Waals surface area (Å²) >= 11 is 0. The van der Waals surface area contributed by atoms with Crippen LogP contribution in [-0.4, -0.2) is 48.3 Å². The molecule has 3 rings (SSSR count). The van der Waals surface area contributed by atoms with E-state index in [0.29, 0.717) is 46.3 Å². The zero-order valence-corrected chi connectivity index (χ0v) is 21.9. The number of rotatable bonds is 17. The number of benzene rings is 2. The number of fused-ring (bicyclic) bond motifs is 1. The van der Waals surface area contributed by atoms with Gasteiger partial charge in [0.15, 0.2) is 5.78 Å². The molecule has 0 saturated carbocycles. The van der Waals surface area contributed by atoms with E-state index in [-0.39, 0.29) is 12.4 Å². The minimum atomic E-state index is -0.0901. The summed E-state index contributed by atoms with van der Waals surface area (Å²) in [5, 5.41) is 9.84. The van der Waals surface area contributed by atoms with Crippen LogP contribution in [0, 0.1) is 0 Å². The molecule has 3 aromatic rings. The Hall–Kier alpha value is -2.76. The van der Waals surface area contributed by atoms with Gasteiger partial charge in [0.25, 0.3) is 0 Å². The van der Waals surface area contributed by atoms with Crippen LogP contribution in [0.3, 0.4) is 0 Å². The fraction of sp³-hybridized carbons (Fsp3) is 0.484. The van der Waals surface area contributed by atoms with Gasteiger partial charge in [-0.1, -0.05) is 51.0 Å². The smallest absolute Gasteiger partial charge is 0.197 e. The van der Waals surface area contributed by atoms with E-state index in [9.17, 15) is 9.59 Å². The van der Waals surface area contributed by atoms with Gasteiger partial charge in [0, 0.05) is 29.5 Å². The van der Waals surface area contributed by atoms with Gasteiger partial charge in [0.05, 0.1) is 5.56 Å². The molecule has 1 aromatic heterocycles. The van der Waals surface area contributed by atoms with Gasteiger partial charge in [0.1, 0.15) is 17.6 Å². The van der Waals surface area contributed by atoms with E-state index in [1.807, 2.05) is 12.1 Å². The van der Waals surface area contributed by atoms with Crippen LogP contribution in [0.15, 0.2) is 46.9 Å². The molecular weight excluding hydrogens is 450 g/mol. The Kier molecular flexibility index (Phi) is 11.4. The Morgan fingerprint density at radius 1 is 0.889 bits per heavy atom. The van der Waals surface area contributed by atoms with Gasteiger partial charge in [-0.15, -0.1) is 0 Å². The molecule has 5 nitrogen and oxygen atoms in total. The van der Waals surface area contributed by atoms with E-state index in [1.165, 1.54) is 44.3 Å². The number of aldehydes is 1. The molecule has 0 aliphatic heterocycles. The number of furan rings is 1. The summed E-state index contributed by atoms with van der Waals surface area (Å²) < 4.78 is 6.02. The lowest BCUT2D eigenvalue weighted by atomic mass is 9.96. The highest BCUT2D eigenvalue weighted by molar-refractivity contribution is 6.17. The molecule has 36 heavy (non-hydrogen) atoms. The average molecular weight is 492 g/mol. The third kappa shape index (κ3) is 7.62. The highest BCUT2D eigenvalue weighted by atomic mass is 16.3. The number of carbonyl (C=O) groups excluding carboxylic acids is 2. The van der Waals surface area contributed by atoms with Crippen molar-refractivity contribution in [2.24, 2.45) is 0 Å². The first kappa shape index (κ1) is 27.8. The molecule has 0 fully saturated rings. The van der Waals surface area contributed by atoms with Crippen LogP contribution in [0.1, 0.15) is 96.4 Å². The van der Waals surface area contributed by atoms with Crippen molar-refractivity contribution in [3.63, 3.8) is 0 Å². The molecule has 1 N–H and O–H groups in total. The quantitative estimate of drug-likeness (QED) is 0.130. The maximum atomic E-state index is 13.6. The van der Waals surface area contributed by atoms with Gasteiger partial charge >= 0.3 is 0 Å². The first-order chi connectivity index (χ1) is 17.6. The number of aliphatic hydroxyl groups excluding tert-OH is 1. The van der Waals surface area contributed by atoms with Crippen LogP contribution < -0.4 is 0 Å². The fourth-order valence-corrected chi connectivity index (χ4v) is 4.63. The third-order valence-corrected chi connectivity index (χ3v) is 6.77. The summed E-state index contributed by atoms with van der Waals surface area (Å²) in [6.07, 6.45) is 9.77. The molecule has 194 valence electrons. The van der Waals surface area contributed by atoms with Gasteiger partial charge in [-0.3, -0.25) is 9.59 Å². The van der Waals surface area contributed by atoms with Crippen LogP contribution in [-0.2, 0) is 12.8 Å². The summed E-state index contributed by atoms with van der Waals surface area (Å²) in [4.78, 5) is 27.5. The molecule has 0 unspecified atom stereocenters. The Bertz CT molecular complexity index is 1090. The van der Waals surface area contributed by atoms with Crippen LogP contribution in [0.5, 0.6) is 0 Å². The average Bonchev–Trinajstić information content (AvgIpc) is 3.27. The van der Waals surface area contributed by atoms with Crippen LogP contribution in [0.4, 0.5) is 0 Å². The Labute approximate surface area is 215 Å². The number of aryl methyl sites for hydroxylation is 2. The summed E-state index contributed by atoms with van der Waals surface area (Å²) in [6, 6.07) is 13.1.